The number of hydrogen-bond acceptors (Lipinski definition) is 4. The first kappa shape index (κ1) is 18.0. The van der Waals surface area contributed by atoms with E-state index in [-0.39, 0.29) is 13.0 Å². The maximum Gasteiger partial charge on any atom is 0.511 e. The van der Waals surface area contributed by atoms with Gasteiger partial charge >= 0.3 is 20.0 Å². The number of anilines is 1. The van der Waals surface area contributed by atoms with E-state index in [1.807, 2.05) is 0 Å². The summed E-state index contributed by atoms with van der Waals surface area (Å²) < 4.78 is 24.4. The Hall–Kier alpha value is -2.05. The summed E-state index contributed by atoms with van der Waals surface area (Å²) >= 11 is 0. The first-order chi connectivity index (χ1) is 10.3. The van der Waals surface area contributed by atoms with Crippen LogP contribution in [0.4, 0.5) is 10.1 Å². The smallest absolute Gasteiger partial charge is 0.481 e. The number of hydrogen-bond donors (Lipinski definition) is 4. The second-order valence-corrected chi connectivity index (χ2v) is 5.91. The van der Waals surface area contributed by atoms with E-state index >= 15 is 0 Å². The average Bonchev–Trinajstić information content (AvgIpc) is 2.41. The van der Waals surface area contributed by atoms with Gasteiger partial charge in [0.15, 0.2) is 0 Å². The minimum absolute atomic E-state index is 0.189. The zero-order valence-electron chi connectivity index (χ0n) is 11.5. The molecule has 0 heterocycles. The van der Waals surface area contributed by atoms with Gasteiger partial charge in [-0.05, 0) is 29.2 Å². The van der Waals surface area contributed by atoms with Crippen molar-refractivity contribution in [2.75, 3.05) is 11.9 Å². The molecule has 0 spiro atoms. The highest BCUT2D eigenvalue weighted by Crippen LogP contribution is 2.32. The molecule has 120 valence electrons. The number of benzene rings is 1. The van der Waals surface area contributed by atoms with E-state index in [2.05, 4.69) is 5.32 Å². The molecule has 3 atom stereocenters. The predicted octanol–water partition coefficient (Wildman–Crippen LogP) is 1.91. The molecule has 0 bridgehead atoms. The van der Waals surface area contributed by atoms with E-state index < -0.39 is 43.8 Å². The molecule has 0 amide bonds. The molecule has 0 fully saturated rings. The maximum absolute atomic E-state index is 13.0. The lowest BCUT2D eigenvalue weighted by molar-refractivity contribution is -0.142. The lowest BCUT2D eigenvalue weighted by Crippen LogP contribution is -2.32. The molecule has 22 heavy (non-hydrogen) atoms. The van der Waals surface area contributed by atoms with Crippen LogP contribution < -0.4 is 5.32 Å². The number of carboxylic acid groups (broad SMARTS) is 2. The van der Waals surface area contributed by atoms with Crippen LogP contribution in [0.25, 0.3) is 0 Å². The molecule has 0 aliphatic heterocycles. The van der Waals surface area contributed by atoms with Gasteiger partial charge in [0.25, 0.3) is 0 Å². The number of nitrogens with one attached hydrogen (secondary N) is 1. The van der Waals surface area contributed by atoms with Crippen LogP contribution in [0.1, 0.15) is 12.8 Å². The van der Waals surface area contributed by atoms with E-state index in [9.17, 15) is 23.4 Å². The van der Waals surface area contributed by atoms with Gasteiger partial charge in [0.1, 0.15) is 11.7 Å². The first-order valence-electron chi connectivity index (χ1n) is 6.40. The Morgan fingerprint density at radius 1 is 1.32 bits per heavy atom. The average molecular weight is 332 g/mol. The van der Waals surface area contributed by atoms with Crippen LogP contribution in [-0.4, -0.2) is 39.2 Å². The molecule has 1 aromatic rings. The molecule has 0 aromatic heterocycles. The highest BCUT2D eigenvalue weighted by atomic mass is 31.1. The van der Waals surface area contributed by atoms with Crippen molar-refractivity contribution in [3.8, 4) is 0 Å². The Balaban J connectivity index is 2.79. The molecule has 1 aromatic carbocycles. The van der Waals surface area contributed by atoms with Crippen molar-refractivity contribution in [1.29, 1.82) is 0 Å². The van der Waals surface area contributed by atoms with Crippen LogP contribution in [0, 0.1) is 11.7 Å². The number of carbonyl (C=O) groups is 2. The zero-order chi connectivity index (χ0) is 16.7. The van der Waals surface area contributed by atoms with Gasteiger partial charge in [-0.1, -0.05) is 6.07 Å². The van der Waals surface area contributed by atoms with Crippen molar-refractivity contribution in [1.82, 2.24) is 0 Å². The highest BCUT2D eigenvalue weighted by Gasteiger charge is 2.42. The molecule has 7 nitrogen and oxygen atoms in total. The highest BCUT2D eigenvalue weighted by molar-refractivity contribution is 7.39. The summed E-state index contributed by atoms with van der Waals surface area (Å²) in [7, 11) is -2.85. The lowest BCUT2D eigenvalue weighted by Gasteiger charge is -2.15. The van der Waals surface area contributed by atoms with Crippen LogP contribution in [0.3, 0.4) is 0 Å². The van der Waals surface area contributed by atoms with E-state index in [1.165, 1.54) is 18.2 Å². The Kier molecular flexibility index (Phi) is 6.88. The molecular formula is C13H16FNO6P+. The summed E-state index contributed by atoms with van der Waals surface area (Å²) in [5.41, 5.74) is -0.848. The fraction of sp³-hybridized carbons (Fsp3) is 0.385. The van der Waals surface area contributed by atoms with Crippen LogP contribution in [0.15, 0.2) is 24.3 Å². The lowest BCUT2D eigenvalue weighted by atomic mass is 9.99. The summed E-state index contributed by atoms with van der Waals surface area (Å²) in [6, 6.07) is 5.35. The summed E-state index contributed by atoms with van der Waals surface area (Å²) in [5.74, 6) is -4.32. The van der Waals surface area contributed by atoms with E-state index in [0.717, 1.165) is 6.07 Å². The van der Waals surface area contributed by atoms with Gasteiger partial charge in [0.05, 0.1) is 6.54 Å². The molecule has 1 rings (SSSR count). The maximum atomic E-state index is 13.0. The molecule has 0 saturated carbocycles. The van der Waals surface area contributed by atoms with E-state index in [4.69, 9.17) is 10.2 Å². The molecule has 0 aliphatic carbocycles. The van der Waals surface area contributed by atoms with Crippen LogP contribution in [0.2, 0.25) is 0 Å². The van der Waals surface area contributed by atoms with Gasteiger partial charge in [0, 0.05) is 12.1 Å². The molecule has 0 aliphatic rings. The quantitative estimate of drug-likeness (QED) is 0.509. The molecule has 4 N–H and O–H groups in total. The van der Waals surface area contributed by atoms with Crippen molar-refractivity contribution in [3.63, 3.8) is 0 Å². The molecule has 9 heteroatoms. The summed E-state index contributed by atoms with van der Waals surface area (Å²) in [5, 5.41) is 20.4. The standard InChI is InChI=1S/C13H15FNO6P/c14-8-2-1-3-9(6-8)15-7-11(22(20)21)10(13(18)19)4-5-12(16)17/h1-3,6,10-11,15H,4-5,7H2,(H2-,16,17,18,19,20,21)/p+1. The van der Waals surface area contributed by atoms with Gasteiger partial charge in [-0.25, -0.2) is 4.39 Å². The van der Waals surface area contributed by atoms with E-state index in [0.29, 0.717) is 5.69 Å². The Morgan fingerprint density at radius 2 is 2.00 bits per heavy atom. The van der Waals surface area contributed by atoms with Crippen LogP contribution in [0.5, 0.6) is 0 Å². The van der Waals surface area contributed by atoms with Gasteiger partial charge in [-0.3, -0.25) is 9.59 Å². The monoisotopic (exact) mass is 332 g/mol. The minimum atomic E-state index is -2.85. The van der Waals surface area contributed by atoms with Gasteiger partial charge in [-0.15, -0.1) is 0 Å². The van der Waals surface area contributed by atoms with Crippen molar-refractivity contribution < 1.29 is 33.7 Å². The second-order valence-electron chi connectivity index (χ2n) is 4.64. The van der Waals surface area contributed by atoms with Crippen molar-refractivity contribution in [3.05, 3.63) is 30.1 Å². The number of rotatable bonds is 9. The Bertz CT molecular complexity index is 567. The molecule has 0 saturated heterocycles. The number of halogens is 1. The third kappa shape index (κ3) is 5.75. The number of carboxylic acids is 2. The van der Waals surface area contributed by atoms with Crippen LogP contribution in [-0.2, 0) is 14.2 Å². The van der Waals surface area contributed by atoms with Gasteiger partial charge in [-0.2, -0.15) is 4.89 Å². The number of aliphatic carboxylic acids is 2. The van der Waals surface area contributed by atoms with Crippen molar-refractivity contribution in [2.45, 2.75) is 18.5 Å². The van der Waals surface area contributed by atoms with E-state index in [1.54, 1.807) is 0 Å². The summed E-state index contributed by atoms with van der Waals surface area (Å²) in [6.07, 6.45) is -0.682. The molecule has 3 unspecified atom stereocenters. The Labute approximate surface area is 126 Å². The van der Waals surface area contributed by atoms with Crippen LogP contribution >= 0.6 is 8.03 Å². The fourth-order valence-electron chi connectivity index (χ4n) is 1.95. The molecular weight excluding hydrogens is 316 g/mol. The minimum Gasteiger partial charge on any atom is -0.481 e. The normalized spacial score (nSPS) is 14.0. The van der Waals surface area contributed by atoms with Gasteiger partial charge < -0.3 is 15.5 Å². The largest absolute Gasteiger partial charge is 0.511 e. The Morgan fingerprint density at radius 3 is 2.50 bits per heavy atom. The predicted molar refractivity (Wildman–Crippen MR) is 76.5 cm³/mol. The second kappa shape index (κ2) is 8.41. The fourth-order valence-corrected chi connectivity index (χ4v) is 2.79. The molecule has 0 radical (unpaired) electrons. The van der Waals surface area contributed by atoms with Crippen molar-refractivity contribution >= 4 is 25.7 Å². The van der Waals surface area contributed by atoms with Crippen molar-refractivity contribution in [2.24, 2.45) is 5.92 Å². The zero-order valence-corrected chi connectivity index (χ0v) is 12.4. The van der Waals surface area contributed by atoms with Gasteiger partial charge in [0.2, 0.25) is 5.66 Å². The summed E-state index contributed by atoms with van der Waals surface area (Å²) in [6.45, 7) is -0.189. The summed E-state index contributed by atoms with van der Waals surface area (Å²) in [4.78, 5) is 31.1. The third-order valence-electron chi connectivity index (χ3n) is 3.07. The first-order valence-corrected chi connectivity index (χ1v) is 7.68. The SMILES string of the molecule is O=C(O)CCC(C(=O)O)C(CNc1cccc(F)c1)[P+](=O)O. The third-order valence-corrected chi connectivity index (χ3v) is 4.18. The topological polar surface area (TPSA) is 124 Å².